The summed E-state index contributed by atoms with van der Waals surface area (Å²) in [6.07, 6.45) is 0. The van der Waals surface area contributed by atoms with Crippen molar-refractivity contribution in [3.05, 3.63) is 65.0 Å². The van der Waals surface area contributed by atoms with Crippen molar-refractivity contribution in [2.45, 2.75) is 20.0 Å². The predicted octanol–water partition coefficient (Wildman–Crippen LogP) is 3.63. The number of nitrogens with zero attached hydrogens (tertiary/aromatic N) is 1. The van der Waals surface area contributed by atoms with Crippen LogP contribution in [0.15, 0.2) is 47.5 Å². The van der Waals surface area contributed by atoms with Crippen LogP contribution in [0.2, 0.25) is 0 Å². The number of aliphatic imine (C=N–C) groups is 1. The molecule has 0 aliphatic rings. The second kappa shape index (κ2) is 10.1. The summed E-state index contributed by atoms with van der Waals surface area (Å²) in [6.45, 7) is 3.26. The first-order chi connectivity index (χ1) is 11.1. The van der Waals surface area contributed by atoms with Gasteiger partial charge in [-0.25, -0.2) is 4.39 Å². The Hall–Kier alpha value is -1.83. The van der Waals surface area contributed by atoms with E-state index >= 15 is 0 Å². The van der Waals surface area contributed by atoms with Crippen LogP contribution in [0.25, 0.3) is 0 Å². The van der Waals surface area contributed by atoms with E-state index in [0.29, 0.717) is 19.0 Å². The number of halogens is 2. The molecule has 4 nitrogen and oxygen atoms in total. The van der Waals surface area contributed by atoms with Crippen molar-refractivity contribution in [2.24, 2.45) is 4.99 Å². The molecule has 0 saturated carbocycles. The van der Waals surface area contributed by atoms with Crippen LogP contribution in [0.1, 0.15) is 16.7 Å². The van der Waals surface area contributed by atoms with Gasteiger partial charge in [0.1, 0.15) is 11.6 Å². The average molecular weight is 443 g/mol. The van der Waals surface area contributed by atoms with Crippen molar-refractivity contribution < 1.29 is 9.13 Å². The van der Waals surface area contributed by atoms with Crippen LogP contribution < -0.4 is 15.4 Å². The van der Waals surface area contributed by atoms with Gasteiger partial charge in [0.15, 0.2) is 5.96 Å². The lowest BCUT2D eigenvalue weighted by atomic mass is 10.1. The van der Waals surface area contributed by atoms with Crippen LogP contribution in [0.4, 0.5) is 4.39 Å². The zero-order valence-electron chi connectivity index (χ0n) is 14.1. The number of rotatable bonds is 5. The fourth-order valence-electron chi connectivity index (χ4n) is 2.24. The van der Waals surface area contributed by atoms with Crippen molar-refractivity contribution in [3.63, 3.8) is 0 Å². The molecule has 130 valence electrons. The molecule has 24 heavy (non-hydrogen) atoms. The van der Waals surface area contributed by atoms with E-state index in [4.69, 9.17) is 4.74 Å². The largest absolute Gasteiger partial charge is 0.497 e. The van der Waals surface area contributed by atoms with Gasteiger partial charge in [0, 0.05) is 20.1 Å². The van der Waals surface area contributed by atoms with Gasteiger partial charge < -0.3 is 15.4 Å². The van der Waals surface area contributed by atoms with E-state index in [1.54, 1.807) is 26.3 Å². The van der Waals surface area contributed by atoms with Crippen molar-refractivity contribution >= 4 is 29.9 Å². The first kappa shape index (κ1) is 20.2. The Bertz CT molecular complexity index is 674. The van der Waals surface area contributed by atoms with Crippen molar-refractivity contribution in [3.8, 4) is 5.75 Å². The Kier molecular flexibility index (Phi) is 8.53. The summed E-state index contributed by atoms with van der Waals surface area (Å²) in [7, 11) is 3.38. The molecule has 2 aromatic rings. The SMILES string of the molecule is CN=C(NCc1ccc(F)cc1)NCc1cc(C)cc(OC)c1.I. The van der Waals surface area contributed by atoms with E-state index < -0.39 is 0 Å². The van der Waals surface area contributed by atoms with Crippen LogP contribution in [-0.4, -0.2) is 20.1 Å². The molecule has 0 atom stereocenters. The van der Waals surface area contributed by atoms with Gasteiger partial charge in [-0.1, -0.05) is 18.2 Å². The van der Waals surface area contributed by atoms with Crippen LogP contribution in [0.5, 0.6) is 5.75 Å². The minimum atomic E-state index is -0.232. The molecule has 0 aromatic heterocycles. The molecule has 2 rings (SSSR count). The van der Waals surface area contributed by atoms with Crippen molar-refractivity contribution in [1.82, 2.24) is 10.6 Å². The summed E-state index contributed by atoms with van der Waals surface area (Å²) >= 11 is 0. The zero-order valence-corrected chi connectivity index (χ0v) is 16.4. The summed E-state index contributed by atoms with van der Waals surface area (Å²) in [5.74, 6) is 1.30. The van der Waals surface area contributed by atoms with E-state index in [0.717, 1.165) is 22.4 Å². The van der Waals surface area contributed by atoms with E-state index in [-0.39, 0.29) is 29.8 Å². The quantitative estimate of drug-likeness (QED) is 0.422. The molecular formula is C18H23FIN3O. The highest BCUT2D eigenvalue weighted by atomic mass is 127. The second-order valence-corrected chi connectivity index (χ2v) is 5.26. The van der Waals surface area contributed by atoms with Crippen LogP contribution in [-0.2, 0) is 13.1 Å². The Morgan fingerprint density at radius 2 is 1.67 bits per heavy atom. The molecule has 0 fully saturated rings. The van der Waals surface area contributed by atoms with Crippen molar-refractivity contribution in [2.75, 3.05) is 14.2 Å². The molecule has 0 aliphatic carbocycles. The topological polar surface area (TPSA) is 45.7 Å². The average Bonchev–Trinajstić information content (AvgIpc) is 2.56. The van der Waals surface area contributed by atoms with Gasteiger partial charge in [0.25, 0.3) is 0 Å². The number of guanidine groups is 1. The number of hydrogen-bond donors (Lipinski definition) is 2. The molecule has 0 bridgehead atoms. The fraction of sp³-hybridized carbons (Fsp3) is 0.278. The molecule has 2 aromatic carbocycles. The first-order valence-corrected chi connectivity index (χ1v) is 7.44. The molecule has 0 unspecified atom stereocenters. The van der Waals surface area contributed by atoms with E-state index in [1.165, 1.54) is 12.1 Å². The van der Waals surface area contributed by atoms with Crippen LogP contribution in [0, 0.1) is 12.7 Å². The number of methoxy groups -OCH3 is 1. The Morgan fingerprint density at radius 1 is 1.04 bits per heavy atom. The molecule has 0 amide bonds. The Labute approximate surface area is 159 Å². The number of benzene rings is 2. The maximum Gasteiger partial charge on any atom is 0.191 e. The first-order valence-electron chi connectivity index (χ1n) is 7.44. The zero-order chi connectivity index (χ0) is 16.7. The number of aryl methyl sites for hydroxylation is 1. The number of nitrogens with one attached hydrogen (secondary N) is 2. The standard InChI is InChI=1S/C18H22FN3O.HI/c1-13-8-15(10-17(9-13)23-3)12-22-18(20-2)21-11-14-4-6-16(19)7-5-14;/h4-10H,11-12H2,1-3H3,(H2,20,21,22);1H. The lowest BCUT2D eigenvalue weighted by Crippen LogP contribution is -2.36. The van der Waals surface area contributed by atoms with Crippen LogP contribution in [0.3, 0.4) is 0 Å². The second-order valence-electron chi connectivity index (χ2n) is 5.26. The third-order valence-electron chi connectivity index (χ3n) is 3.40. The monoisotopic (exact) mass is 443 g/mol. The number of hydrogen-bond acceptors (Lipinski definition) is 2. The van der Waals surface area contributed by atoms with Gasteiger partial charge in [-0.15, -0.1) is 24.0 Å². The highest BCUT2D eigenvalue weighted by Gasteiger charge is 2.02. The molecule has 6 heteroatoms. The molecule has 0 aliphatic heterocycles. The minimum Gasteiger partial charge on any atom is -0.497 e. The number of ether oxygens (including phenoxy) is 1. The molecular weight excluding hydrogens is 420 g/mol. The molecule has 0 saturated heterocycles. The summed E-state index contributed by atoms with van der Waals surface area (Å²) in [4.78, 5) is 4.19. The van der Waals surface area contributed by atoms with Crippen molar-refractivity contribution in [1.29, 1.82) is 0 Å². The highest BCUT2D eigenvalue weighted by Crippen LogP contribution is 2.16. The Balaban J connectivity index is 0.00000288. The van der Waals surface area contributed by atoms with E-state index in [9.17, 15) is 4.39 Å². The third kappa shape index (κ3) is 6.35. The maximum absolute atomic E-state index is 12.9. The van der Waals surface area contributed by atoms with Gasteiger partial charge in [0.2, 0.25) is 0 Å². The van der Waals surface area contributed by atoms with Crippen LogP contribution >= 0.6 is 24.0 Å². The van der Waals surface area contributed by atoms with Gasteiger partial charge in [-0.2, -0.15) is 0 Å². The smallest absolute Gasteiger partial charge is 0.191 e. The lowest BCUT2D eigenvalue weighted by Gasteiger charge is -2.13. The van der Waals surface area contributed by atoms with Gasteiger partial charge in [-0.3, -0.25) is 4.99 Å². The highest BCUT2D eigenvalue weighted by molar-refractivity contribution is 14.0. The predicted molar refractivity (Wildman–Crippen MR) is 107 cm³/mol. The summed E-state index contributed by atoms with van der Waals surface area (Å²) in [5.41, 5.74) is 3.26. The molecule has 0 radical (unpaired) electrons. The normalized spacial score (nSPS) is 10.8. The summed E-state index contributed by atoms with van der Waals surface area (Å²) < 4.78 is 18.2. The fourth-order valence-corrected chi connectivity index (χ4v) is 2.24. The van der Waals surface area contributed by atoms with Gasteiger partial charge >= 0.3 is 0 Å². The van der Waals surface area contributed by atoms with E-state index in [2.05, 4.69) is 21.7 Å². The molecule has 2 N–H and O–H groups in total. The van der Waals surface area contributed by atoms with E-state index in [1.807, 2.05) is 19.1 Å². The minimum absolute atomic E-state index is 0. The molecule has 0 heterocycles. The third-order valence-corrected chi connectivity index (χ3v) is 3.40. The summed E-state index contributed by atoms with van der Waals surface area (Å²) in [5, 5.41) is 6.46. The molecule has 0 spiro atoms. The van der Waals surface area contributed by atoms with Gasteiger partial charge in [0.05, 0.1) is 7.11 Å². The lowest BCUT2D eigenvalue weighted by molar-refractivity contribution is 0.414. The van der Waals surface area contributed by atoms with Gasteiger partial charge in [-0.05, 0) is 47.9 Å². The maximum atomic E-state index is 12.9. The summed E-state index contributed by atoms with van der Waals surface area (Å²) in [6, 6.07) is 12.5. The Morgan fingerprint density at radius 3 is 2.25 bits per heavy atom.